The molecule has 2 aliphatic heterocycles. The zero-order chi connectivity index (χ0) is 26.7. The number of ether oxygens (including phenoxy) is 2. The lowest BCUT2D eigenvalue weighted by molar-refractivity contribution is -0.137. The van der Waals surface area contributed by atoms with Gasteiger partial charge in [0.05, 0.1) is 12.6 Å². The van der Waals surface area contributed by atoms with E-state index in [0.717, 1.165) is 37.9 Å². The van der Waals surface area contributed by atoms with Crippen LogP contribution in [0.25, 0.3) is 6.08 Å². The van der Waals surface area contributed by atoms with Gasteiger partial charge < -0.3 is 14.8 Å². The van der Waals surface area contributed by atoms with Gasteiger partial charge in [0.1, 0.15) is 11.4 Å². The molecule has 0 spiro atoms. The molecule has 8 nitrogen and oxygen atoms in total. The zero-order valence-corrected chi connectivity index (χ0v) is 23.3. The number of hydrogen-bond acceptors (Lipinski definition) is 7. The summed E-state index contributed by atoms with van der Waals surface area (Å²) >= 11 is 0. The number of amides is 1. The van der Waals surface area contributed by atoms with Crippen LogP contribution in [0.3, 0.4) is 0 Å². The van der Waals surface area contributed by atoms with Crippen molar-refractivity contribution in [2.24, 2.45) is 0 Å². The molecule has 3 rings (SSSR count). The Morgan fingerprint density at radius 1 is 1.19 bits per heavy atom. The number of nitrogens with one attached hydrogen (secondary N) is 1. The lowest BCUT2D eigenvalue weighted by Crippen LogP contribution is -2.62. The second-order valence-corrected chi connectivity index (χ2v) is 12.3. The molecular weight excluding hydrogens is 456 g/mol. The van der Waals surface area contributed by atoms with Crippen LogP contribution in [-0.4, -0.2) is 70.4 Å². The van der Waals surface area contributed by atoms with Crippen LogP contribution in [-0.2, 0) is 14.3 Å². The van der Waals surface area contributed by atoms with E-state index in [1.807, 2.05) is 32.9 Å². The lowest BCUT2D eigenvalue weighted by Gasteiger charge is -2.49. The van der Waals surface area contributed by atoms with E-state index >= 15 is 0 Å². The molecule has 0 unspecified atom stereocenters. The second-order valence-electron chi connectivity index (χ2n) is 12.3. The Labute approximate surface area is 216 Å². The monoisotopic (exact) mass is 500 g/mol. The first-order chi connectivity index (χ1) is 16.7. The quantitative estimate of drug-likeness (QED) is 0.444. The van der Waals surface area contributed by atoms with E-state index < -0.39 is 11.6 Å². The fourth-order valence-corrected chi connectivity index (χ4v) is 5.57. The largest absolute Gasteiger partial charge is 0.463 e. The standard InChI is InChI=1S/C28H44N4O4/c1-9-35-24(33)13-11-20-10-12-23(29-18-20)32(25(34)36-26(2,3)4)21-14-15-31(19-21)22-16-27(5,6)30-28(7,8)17-22/h10-13,18,21-22,30H,9,14-17,19H2,1-8H3/t21-/m1/s1. The molecule has 2 saturated heterocycles. The molecule has 0 bridgehead atoms. The van der Waals surface area contributed by atoms with Crippen LogP contribution in [0.1, 0.15) is 80.2 Å². The molecule has 2 aliphatic rings. The Balaban J connectivity index is 1.80. The molecule has 1 aromatic rings. The van der Waals surface area contributed by atoms with Crippen LogP contribution in [0, 0.1) is 0 Å². The summed E-state index contributed by atoms with van der Waals surface area (Å²) in [5.41, 5.74) is 0.260. The number of carbonyl (C=O) groups excluding carboxylic acids is 2. The average molecular weight is 501 g/mol. The minimum atomic E-state index is -0.612. The molecule has 1 amide bonds. The Morgan fingerprint density at radius 2 is 1.86 bits per heavy atom. The van der Waals surface area contributed by atoms with Gasteiger partial charge in [-0.1, -0.05) is 0 Å². The smallest absolute Gasteiger partial charge is 0.416 e. The number of nitrogens with zero attached hydrogens (tertiary/aromatic N) is 3. The lowest BCUT2D eigenvalue weighted by atomic mass is 9.79. The highest BCUT2D eigenvalue weighted by molar-refractivity contribution is 5.88. The van der Waals surface area contributed by atoms with Crippen LogP contribution in [0.15, 0.2) is 24.4 Å². The summed E-state index contributed by atoms with van der Waals surface area (Å²) in [7, 11) is 0. The Morgan fingerprint density at radius 3 is 2.42 bits per heavy atom. The highest BCUT2D eigenvalue weighted by atomic mass is 16.6. The molecule has 0 saturated carbocycles. The number of esters is 1. The Hall–Kier alpha value is -2.45. The molecule has 1 N–H and O–H groups in total. The number of piperidine rings is 1. The van der Waals surface area contributed by atoms with E-state index in [1.165, 1.54) is 6.08 Å². The molecule has 1 atom stereocenters. The Kier molecular flexibility index (Phi) is 8.51. The minimum absolute atomic E-state index is 0.0330. The summed E-state index contributed by atoms with van der Waals surface area (Å²) in [5.74, 6) is 0.155. The third-order valence-corrected chi connectivity index (χ3v) is 6.55. The van der Waals surface area contributed by atoms with E-state index in [1.54, 1.807) is 24.1 Å². The highest BCUT2D eigenvalue weighted by Crippen LogP contribution is 2.34. The molecule has 1 aromatic heterocycles. The fourth-order valence-electron chi connectivity index (χ4n) is 5.57. The molecule has 0 aromatic carbocycles. The summed E-state index contributed by atoms with van der Waals surface area (Å²) in [6.07, 6.45) is 7.30. The molecule has 3 heterocycles. The topological polar surface area (TPSA) is 84.0 Å². The summed E-state index contributed by atoms with van der Waals surface area (Å²) in [6.45, 7) is 18.5. The van der Waals surface area contributed by atoms with Crippen LogP contribution in [0.2, 0.25) is 0 Å². The maximum Gasteiger partial charge on any atom is 0.416 e. The van der Waals surface area contributed by atoms with Crippen molar-refractivity contribution in [3.8, 4) is 0 Å². The number of rotatable bonds is 6. The van der Waals surface area contributed by atoms with Crippen LogP contribution in [0.4, 0.5) is 10.6 Å². The number of hydrogen-bond donors (Lipinski definition) is 1. The van der Waals surface area contributed by atoms with Crippen molar-refractivity contribution in [2.75, 3.05) is 24.6 Å². The van der Waals surface area contributed by atoms with E-state index in [9.17, 15) is 9.59 Å². The molecule has 2 fully saturated rings. The van der Waals surface area contributed by atoms with Crippen LogP contribution < -0.4 is 10.2 Å². The number of carbonyl (C=O) groups is 2. The predicted molar refractivity (Wildman–Crippen MR) is 143 cm³/mol. The fraction of sp³-hybridized carbons (Fsp3) is 0.679. The van der Waals surface area contributed by atoms with Crippen molar-refractivity contribution >= 4 is 24.0 Å². The highest BCUT2D eigenvalue weighted by Gasteiger charge is 2.43. The van der Waals surface area contributed by atoms with Gasteiger partial charge in [-0.25, -0.2) is 14.6 Å². The Bertz CT molecular complexity index is 933. The first-order valence-electron chi connectivity index (χ1n) is 13.0. The second kappa shape index (κ2) is 10.9. The first kappa shape index (κ1) is 28.1. The number of anilines is 1. The van der Waals surface area contributed by atoms with Crippen LogP contribution >= 0.6 is 0 Å². The number of aromatic nitrogens is 1. The number of pyridine rings is 1. The maximum absolute atomic E-state index is 13.4. The summed E-state index contributed by atoms with van der Waals surface area (Å²) in [4.78, 5) is 33.8. The summed E-state index contributed by atoms with van der Waals surface area (Å²) in [5, 5.41) is 3.76. The third-order valence-electron chi connectivity index (χ3n) is 6.55. The summed E-state index contributed by atoms with van der Waals surface area (Å²) < 4.78 is 10.7. The predicted octanol–water partition coefficient (Wildman–Crippen LogP) is 4.78. The van der Waals surface area contributed by atoms with Gasteiger partial charge >= 0.3 is 12.1 Å². The van der Waals surface area contributed by atoms with E-state index in [4.69, 9.17) is 9.47 Å². The van der Waals surface area contributed by atoms with Crippen molar-refractivity contribution in [2.45, 2.75) is 103 Å². The molecular formula is C28H44N4O4. The van der Waals surface area contributed by atoms with Crippen molar-refractivity contribution in [3.05, 3.63) is 30.0 Å². The molecule has 200 valence electrons. The normalized spacial score (nSPS) is 22.5. The molecule has 0 radical (unpaired) electrons. The van der Waals surface area contributed by atoms with Crippen LogP contribution in [0.5, 0.6) is 0 Å². The number of likely N-dealkylation sites (tertiary alicyclic amines) is 1. The van der Waals surface area contributed by atoms with E-state index in [2.05, 4.69) is 42.9 Å². The van der Waals surface area contributed by atoms with Crippen molar-refractivity contribution in [3.63, 3.8) is 0 Å². The van der Waals surface area contributed by atoms with Gasteiger partial charge in [-0.15, -0.1) is 0 Å². The zero-order valence-electron chi connectivity index (χ0n) is 23.3. The van der Waals surface area contributed by atoms with Gasteiger partial charge in [0.25, 0.3) is 0 Å². The van der Waals surface area contributed by atoms with Gasteiger partial charge in [0.2, 0.25) is 0 Å². The van der Waals surface area contributed by atoms with E-state index in [0.29, 0.717) is 18.5 Å². The first-order valence-corrected chi connectivity index (χ1v) is 13.0. The van der Waals surface area contributed by atoms with Crippen molar-refractivity contribution in [1.82, 2.24) is 15.2 Å². The van der Waals surface area contributed by atoms with Crippen molar-refractivity contribution < 1.29 is 19.1 Å². The van der Waals surface area contributed by atoms with Gasteiger partial charge in [-0.2, -0.15) is 0 Å². The van der Waals surface area contributed by atoms with Gasteiger partial charge in [0.15, 0.2) is 0 Å². The summed E-state index contributed by atoms with van der Waals surface area (Å²) in [6, 6.07) is 4.08. The maximum atomic E-state index is 13.4. The SMILES string of the molecule is CCOC(=O)C=Cc1ccc(N(C(=O)OC(C)(C)C)[C@@H]2CCN(C3CC(C)(C)NC(C)(C)C3)C2)nc1. The van der Waals surface area contributed by atoms with Crippen molar-refractivity contribution in [1.29, 1.82) is 0 Å². The average Bonchev–Trinajstić information content (AvgIpc) is 3.20. The molecule has 8 heteroatoms. The molecule has 36 heavy (non-hydrogen) atoms. The molecule has 0 aliphatic carbocycles. The van der Waals surface area contributed by atoms with Gasteiger partial charge in [0, 0.05) is 42.5 Å². The minimum Gasteiger partial charge on any atom is -0.463 e. The van der Waals surface area contributed by atoms with Gasteiger partial charge in [-0.3, -0.25) is 9.80 Å². The third kappa shape index (κ3) is 7.77. The van der Waals surface area contributed by atoms with Gasteiger partial charge in [-0.05, 0) is 98.4 Å². The van der Waals surface area contributed by atoms with E-state index in [-0.39, 0.29) is 23.2 Å².